The average Bonchev–Trinajstić information content (AvgIpc) is 3.15. The van der Waals surface area contributed by atoms with Gasteiger partial charge in [-0.3, -0.25) is 4.79 Å². The van der Waals surface area contributed by atoms with Gasteiger partial charge in [-0.05, 0) is 12.1 Å². The summed E-state index contributed by atoms with van der Waals surface area (Å²) >= 11 is 0. The number of aromatic nitrogens is 2. The van der Waals surface area contributed by atoms with E-state index in [1.54, 1.807) is 30.2 Å². The minimum absolute atomic E-state index is 0.127. The Balaban J connectivity index is 1.72. The molecule has 0 N–H and O–H groups in total. The molecule has 1 aromatic heterocycles. The molecular formula is C18H21N3O5. The number of rotatable bonds is 6. The smallest absolute Gasteiger partial charge is 0.278 e. The van der Waals surface area contributed by atoms with Crippen LogP contribution in [0, 0.1) is 0 Å². The summed E-state index contributed by atoms with van der Waals surface area (Å²) in [5, 5.41) is 0. The number of hydrogen-bond acceptors (Lipinski definition) is 7. The third kappa shape index (κ3) is 3.49. The van der Waals surface area contributed by atoms with Crippen LogP contribution in [0.15, 0.2) is 30.6 Å². The van der Waals surface area contributed by atoms with Gasteiger partial charge < -0.3 is 23.8 Å². The first kappa shape index (κ1) is 17.8. The number of ether oxygens (including phenoxy) is 4. The number of amides is 1. The van der Waals surface area contributed by atoms with E-state index in [4.69, 9.17) is 18.9 Å². The fourth-order valence-electron chi connectivity index (χ4n) is 2.93. The predicted octanol–water partition coefficient (Wildman–Crippen LogP) is 1.80. The van der Waals surface area contributed by atoms with Crippen molar-refractivity contribution in [2.45, 2.75) is 12.5 Å². The predicted molar refractivity (Wildman–Crippen MR) is 93.1 cm³/mol. The quantitative estimate of drug-likeness (QED) is 0.777. The Bertz CT molecular complexity index is 783. The molecule has 1 unspecified atom stereocenters. The third-order valence-corrected chi connectivity index (χ3v) is 4.17. The first-order valence-corrected chi connectivity index (χ1v) is 8.19. The fraction of sp³-hybridized carbons (Fsp3) is 0.389. The molecule has 138 valence electrons. The highest BCUT2D eigenvalue weighted by Gasteiger charge is 2.31. The van der Waals surface area contributed by atoms with Crippen molar-refractivity contribution in [1.29, 1.82) is 0 Å². The van der Waals surface area contributed by atoms with Crippen LogP contribution in [0.4, 0.5) is 0 Å². The van der Waals surface area contributed by atoms with Crippen molar-refractivity contribution in [3.8, 4) is 23.3 Å². The van der Waals surface area contributed by atoms with E-state index in [1.807, 2.05) is 0 Å². The maximum atomic E-state index is 12.9. The lowest BCUT2D eigenvalue weighted by Gasteiger charge is -2.19. The molecule has 8 heteroatoms. The van der Waals surface area contributed by atoms with Gasteiger partial charge in [-0.1, -0.05) is 6.07 Å². The second kappa shape index (κ2) is 7.90. The molecule has 1 atom stereocenters. The van der Waals surface area contributed by atoms with Gasteiger partial charge in [0.25, 0.3) is 17.7 Å². The minimum Gasteiger partial charge on any atom is -0.493 e. The molecule has 8 nitrogen and oxygen atoms in total. The molecule has 1 saturated heterocycles. The van der Waals surface area contributed by atoms with E-state index in [1.165, 1.54) is 26.6 Å². The van der Waals surface area contributed by atoms with Gasteiger partial charge >= 0.3 is 0 Å². The van der Waals surface area contributed by atoms with Crippen LogP contribution in [0.3, 0.4) is 0 Å². The summed E-state index contributed by atoms with van der Waals surface area (Å²) in [7, 11) is 4.57. The van der Waals surface area contributed by atoms with E-state index in [0.717, 1.165) is 0 Å². The molecule has 1 aliphatic heterocycles. The van der Waals surface area contributed by atoms with Crippen LogP contribution < -0.4 is 18.9 Å². The average molecular weight is 359 g/mol. The molecule has 3 rings (SSSR count). The molecule has 1 amide bonds. The van der Waals surface area contributed by atoms with Gasteiger partial charge in [0, 0.05) is 25.4 Å². The zero-order valence-corrected chi connectivity index (χ0v) is 15.0. The zero-order valence-electron chi connectivity index (χ0n) is 15.0. The van der Waals surface area contributed by atoms with E-state index in [9.17, 15) is 4.79 Å². The maximum Gasteiger partial charge on any atom is 0.278 e. The molecule has 0 bridgehead atoms. The van der Waals surface area contributed by atoms with Crippen molar-refractivity contribution in [1.82, 2.24) is 14.9 Å². The van der Waals surface area contributed by atoms with Crippen LogP contribution in [0.1, 0.15) is 16.8 Å². The second-order valence-electron chi connectivity index (χ2n) is 5.69. The number of likely N-dealkylation sites (tertiary alicyclic amines) is 1. The van der Waals surface area contributed by atoms with Crippen LogP contribution in [0.2, 0.25) is 0 Å². The fourth-order valence-corrected chi connectivity index (χ4v) is 2.93. The van der Waals surface area contributed by atoms with E-state index in [-0.39, 0.29) is 12.0 Å². The highest BCUT2D eigenvalue weighted by molar-refractivity contribution is 5.98. The van der Waals surface area contributed by atoms with Gasteiger partial charge in [0.05, 0.1) is 33.4 Å². The van der Waals surface area contributed by atoms with Crippen molar-refractivity contribution < 1.29 is 23.7 Å². The Hall–Kier alpha value is -3.03. The zero-order chi connectivity index (χ0) is 18.5. The SMILES string of the molecule is COc1cccc(C(=O)N2CCC(Oc3nccnc3OC)C2)c1OC. The van der Waals surface area contributed by atoms with E-state index in [0.29, 0.717) is 48.3 Å². The topological polar surface area (TPSA) is 83.0 Å². The molecular weight excluding hydrogens is 338 g/mol. The number of nitrogens with zero attached hydrogens (tertiary/aromatic N) is 3. The van der Waals surface area contributed by atoms with Crippen molar-refractivity contribution >= 4 is 5.91 Å². The molecule has 2 aromatic rings. The van der Waals surface area contributed by atoms with Gasteiger partial charge in [0.2, 0.25) is 0 Å². The van der Waals surface area contributed by atoms with Gasteiger partial charge in [-0.2, -0.15) is 0 Å². The summed E-state index contributed by atoms with van der Waals surface area (Å²) in [5.41, 5.74) is 0.463. The Morgan fingerprint density at radius 3 is 2.54 bits per heavy atom. The van der Waals surface area contributed by atoms with E-state index >= 15 is 0 Å². The number of para-hydroxylation sites is 1. The minimum atomic E-state index is -0.179. The second-order valence-corrected chi connectivity index (χ2v) is 5.69. The highest BCUT2D eigenvalue weighted by Crippen LogP contribution is 2.32. The van der Waals surface area contributed by atoms with Crippen LogP contribution in [0.5, 0.6) is 23.3 Å². The summed E-state index contributed by atoms with van der Waals surface area (Å²) < 4.78 is 21.6. The van der Waals surface area contributed by atoms with Crippen molar-refractivity contribution in [2.24, 2.45) is 0 Å². The number of methoxy groups -OCH3 is 3. The van der Waals surface area contributed by atoms with Crippen molar-refractivity contribution in [2.75, 3.05) is 34.4 Å². The van der Waals surface area contributed by atoms with Crippen molar-refractivity contribution in [3.63, 3.8) is 0 Å². The molecule has 0 spiro atoms. The first-order valence-electron chi connectivity index (χ1n) is 8.19. The third-order valence-electron chi connectivity index (χ3n) is 4.17. The van der Waals surface area contributed by atoms with Crippen LogP contribution in [-0.4, -0.2) is 61.3 Å². The lowest BCUT2D eigenvalue weighted by Crippen LogP contribution is -2.31. The highest BCUT2D eigenvalue weighted by atomic mass is 16.5. The Morgan fingerprint density at radius 1 is 1.08 bits per heavy atom. The maximum absolute atomic E-state index is 12.9. The van der Waals surface area contributed by atoms with Gasteiger partial charge in [0.1, 0.15) is 6.10 Å². The van der Waals surface area contributed by atoms with Crippen LogP contribution in [-0.2, 0) is 0 Å². The number of benzene rings is 1. The normalized spacial score (nSPS) is 16.3. The number of carbonyl (C=O) groups is 1. The lowest BCUT2D eigenvalue weighted by molar-refractivity contribution is 0.0766. The summed E-state index contributed by atoms with van der Waals surface area (Å²) in [6, 6.07) is 5.25. The summed E-state index contributed by atoms with van der Waals surface area (Å²) in [5.74, 6) is 1.48. The van der Waals surface area contributed by atoms with Crippen molar-refractivity contribution in [3.05, 3.63) is 36.2 Å². The summed E-state index contributed by atoms with van der Waals surface area (Å²) in [4.78, 5) is 22.8. The molecule has 0 saturated carbocycles. The molecule has 0 aliphatic carbocycles. The standard InChI is InChI=1S/C18H21N3O5/c1-23-14-6-4-5-13(15(14)24-2)18(22)21-10-7-12(11-21)26-17-16(25-3)19-8-9-20-17/h4-6,8-9,12H,7,10-11H2,1-3H3. The van der Waals surface area contributed by atoms with Crippen LogP contribution >= 0.6 is 0 Å². The summed E-state index contributed by atoms with van der Waals surface area (Å²) in [6.07, 6.45) is 3.58. The van der Waals surface area contributed by atoms with Gasteiger partial charge in [0.15, 0.2) is 11.5 Å². The molecule has 1 aromatic carbocycles. The van der Waals surface area contributed by atoms with Gasteiger partial charge in [-0.15, -0.1) is 0 Å². The lowest BCUT2D eigenvalue weighted by atomic mass is 10.1. The Morgan fingerprint density at radius 2 is 1.85 bits per heavy atom. The number of hydrogen-bond donors (Lipinski definition) is 0. The molecule has 1 fully saturated rings. The Kier molecular flexibility index (Phi) is 5.40. The van der Waals surface area contributed by atoms with Crippen LogP contribution in [0.25, 0.3) is 0 Å². The first-order chi connectivity index (χ1) is 12.7. The van der Waals surface area contributed by atoms with E-state index in [2.05, 4.69) is 9.97 Å². The number of carbonyl (C=O) groups excluding carboxylic acids is 1. The monoisotopic (exact) mass is 359 g/mol. The molecule has 26 heavy (non-hydrogen) atoms. The van der Waals surface area contributed by atoms with E-state index < -0.39 is 0 Å². The van der Waals surface area contributed by atoms with Gasteiger partial charge in [-0.25, -0.2) is 9.97 Å². The largest absolute Gasteiger partial charge is 0.493 e. The molecule has 0 radical (unpaired) electrons. The Labute approximate surface area is 151 Å². The molecule has 2 heterocycles. The molecule has 1 aliphatic rings. The summed E-state index contributed by atoms with van der Waals surface area (Å²) in [6.45, 7) is 1.02.